The Balaban J connectivity index is 1.84. The summed E-state index contributed by atoms with van der Waals surface area (Å²) in [5.41, 5.74) is -2.69. The average Bonchev–Trinajstić information content (AvgIpc) is 2.82. The third-order valence-corrected chi connectivity index (χ3v) is 6.40. The van der Waals surface area contributed by atoms with Gasteiger partial charge in [0.15, 0.2) is 11.6 Å². The minimum Gasteiger partial charge on any atom is -0.370 e. The van der Waals surface area contributed by atoms with Gasteiger partial charge in [-0.3, -0.25) is 14.5 Å². The monoisotopic (exact) mass is 508 g/mol. The third kappa shape index (κ3) is 3.76. The summed E-state index contributed by atoms with van der Waals surface area (Å²) in [5.74, 6) is -5.28. The lowest BCUT2D eigenvalue weighted by molar-refractivity contribution is -0.139. The lowest BCUT2D eigenvalue weighted by Crippen LogP contribution is -2.46. The number of nitrogens with one attached hydrogen (secondary N) is 2. The zero-order valence-corrected chi connectivity index (χ0v) is 18.6. The van der Waals surface area contributed by atoms with E-state index >= 15 is 4.39 Å². The van der Waals surface area contributed by atoms with E-state index in [1.54, 1.807) is 6.92 Å². The maximum absolute atomic E-state index is 15.1. The van der Waals surface area contributed by atoms with Crippen molar-refractivity contribution in [2.24, 2.45) is 0 Å². The Morgan fingerprint density at radius 2 is 1.64 bits per heavy atom. The summed E-state index contributed by atoms with van der Waals surface area (Å²) in [5, 5.41) is 2.98. The number of aromatic amines is 1. The smallest absolute Gasteiger partial charge is 0.370 e. The average molecular weight is 508 g/mol. The molecular weight excluding hydrogens is 490 g/mol. The number of hydrogen-bond donors (Lipinski definition) is 2. The number of benzene rings is 2. The summed E-state index contributed by atoms with van der Waals surface area (Å²) < 4.78 is 84.6. The van der Waals surface area contributed by atoms with Gasteiger partial charge in [-0.1, -0.05) is 6.92 Å². The van der Waals surface area contributed by atoms with Gasteiger partial charge in [0.1, 0.15) is 18.3 Å². The predicted octanol–water partition coefficient (Wildman–Crippen LogP) is 5.49. The highest BCUT2D eigenvalue weighted by molar-refractivity contribution is 6.13. The van der Waals surface area contributed by atoms with Gasteiger partial charge in [0, 0.05) is 23.9 Å². The van der Waals surface area contributed by atoms with E-state index < -0.39 is 58.8 Å². The molecule has 2 aliphatic heterocycles. The zero-order valence-electron chi connectivity index (χ0n) is 18.6. The van der Waals surface area contributed by atoms with Gasteiger partial charge in [-0.25, -0.2) is 13.2 Å². The molecule has 0 saturated carbocycles. The zero-order chi connectivity index (χ0) is 25.9. The first-order valence-corrected chi connectivity index (χ1v) is 10.9. The molecule has 1 aromatic heterocycles. The molecule has 6 nitrogen and oxygen atoms in total. The van der Waals surface area contributed by atoms with Crippen molar-refractivity contribution in [1.29, 1.82) is 0 Å². The Morgan fingerprint density at radius 3 is 2.36 bits per heavy atom. The van der Waals surface area contributed by atoms with Crippen LogP contribution < -0.4 is 20.7 Å². The quantitative estimate of drug-likeness (QED) is 0.395. The first-order chi connectivity index (χ1) is 17.0. The van der Waals surface area contributed by atoms with Crippen LogP contribution in [0.3, 0.4) is 0 Å². The number of aromatic nitrogens is 1. The van der Waals surface area contributed by atoms with Gasteiger partial charge in [-0.2, -0.15) is 13.2 Å². The van der Waals surface area contributed by atoms with E-state index in [0.29, 0.717) is 12.1 Å². The minimum atomic E-state index is -5.06. The standard InChI is InChI=1S/C24H18F6N4O2/c1-11-6-7-31-22-17(4-5-19(35)32-22)34-10-33(16-3-2-14(25)21(27)20(11)16)18-9-13(24(28,29)30)15(26)8-12(18)23(34)36/h2-5,8-9,11H,6-7,10H2,1H3,(H2,31,32,35)/t11-/m0/s1. The van der Waals surface area contributed by atoms with Crippen molar-refractivity contribution in [2.75, 3.05) is 28.3 Å². The summed E-state index contributed by atoms with van der Waals surface area (Å²) in [6, 6.07) is 5.56. The molecular formula is C24H18F6N4O2. The first-order valence-electron chi connectivity index (χ1n) is 10.9. The van der Waals surface area contributed by atoms with Gasteiger partial charge >= 0.3 is 6.18 Å². The highest BCUT2D eigenvalue weighted by Crippen LogP contribution is 2.45. The fourth-order valence-corrected chi connectivity index (χ4v) is 4.64. The summed E-state index contributed by atoms with van der Waals surface area (Å²) in [7, 11) is 0. The van der Waals surface area contributed by atoms with Gasteiger partial charge in [0.05, 0.1) is 22.5 Å². The second kappa shape index (κ2) is 8.32. The Labute approximate surface area is 200 Å². The van der Waals surface area contributed by atoms with Crippen LogP contribution in [0.1, 0.15) is 40.7 Å². The van der Waals surface area contributed by atoms with Crippen LogP contribution in [0, 0.1) is 17.5 Å². The number of carbonyl (C=O) groups is 1. The van der Waals surface area contributed by atoms with Crippen LogP contribution in [0.2, 0.25) is 0 Å². The van der Waals surface area contributed by atoms with E-state index in [-0.39, 0.29) is 41.4 Å². The van der Waals surface area contributed by atoms with E-state index in [0.717, 1.165) is 17.0 Å². The van der Waals surface area contributed by atoms with E-state index in [1.165, 1.54) is 17.0 Å². The summed E-state index contributed by atoms with van der Waals surface area (Å²) in [6.45, 7) is 1.39. The molecule has 3 heterocycles. The van der Waals surface area contributed by atoms with E-state index in [9.17, 15) is 31.5 Å². The molecule has 188 valence electrons. The molecule has 3 aromatic rings. The van der Waals surface area contributed by atoms with E-state index in [4.69, 9.17) is 0 Å². The van der Waals surface area contributed by atoms with Gasteiger partial charge in [0.2, 0.25) is 5.56 Å². The molecule has 5 rings (SSSR count). The van der Waals surface area contributed by atoms with Gasteiger partial charge < -0.3 is 15.2 Å². The molecule has 0 fully saturated rings. The molecule has 1 atom stereocenters. The third-order valence-electron chi connectivity index (χ3n) is 6.40. The number of alkyl halides is 3. The van der Waals surface area contributed by atoms with Crippen molar-refractivity contribution in [1.82, 2.24) is 4.98 Å². The number of pyridine rings is 1. The molecule has 2 N–H and O–H groups in total. The van der Waals surface area contributed by atoms with Gasteiger partial charge in [-0.15, -0.1) is 0 Å². The van der Waals surface area contributed by atoms with Crippen molar-refractivity contribution < 1.29 is 31.1 Å². The number of amides is 1. The summed E-state index contributed by atoms with van der Waals surface area (Å²) in [4.78, 5) is 30.3. The van der Waals surface area contributed by atoms with Crippen molar-refractivity contribution in [3.8, 4) is 0 Å². The van der Waals surface area contributed by atoms with Crippen LogP contribution in [0.5, 0.6) is 0 Å². The number of anilines is 4. The molecule has 0 saturated heterocycles. The van der Waals surface area contributed by atoms with Crippen LogP contribution in [0.4, 0.5) is 49.2 Å². The fourth-order valence-electron chi connectivity index (χ4n) is 4.64. The Hall–Kier alpha value is -3.96. The number of hydrogen-bond acceptors (Lipinski definition) is 4. The van der Waals surface area contributed by atoms with E-state index in [1.807, 2.05) is 0 Å². The minimum absolute atomic E-state index is 0.0350. The lowest BCUT2D eigenvalue weighted by Gasteiger charge is -2.39. The second-order valence-electron chi connectivity index (χ2n) is 8.64. The van der Waals surface area contributed by atoms with Gasteiger partial charge in [0.25, 0.3) is 5.91 Å². The number of nitrogens with zero attached hydrogens (tertiary/aromatic N) is 2. The maximum Gasteiger partial charge on any atom is 0.419 e. The largest absolute Gasteiger partial charge is 0.419 e. The normalized spacial score (nSPS) is 17.5. The molecule has 0 aliphatic carbocycles. The van der Waals surface area contributed by atoms with E-state index in [2.05, 4.69) is 10.3 Å². The highest BCUT2D eigenvalue weighted by Gasteiger charge is 2.40. The molecule has 1 amide bonds. The Morgan fingerprint density at radius 1 is 0.917 bits per heavy atom. The maximum atomic E-state index is 15.1. The Kier molecular flexibility index (Phi) is 5.49. The van der Waals surface area contributed by atoms with Crippen molar-refractivity contribution >= 4 is 28.8 Å². The van der Waals surface area contributed by atoms with Crippen LogP contribution in [0.25, 0.3) is 0 Å². The van der Waals surface area contributed by atoms with Crippen molar-refractivity contribution in [3.05, 3.63) is 80.9 Å². The summed E-state index contributed by atoms with van der Waals surface area (Å²) >= 11 is 0. The van der Waals surface area contributed by atoms with Crippen LogP contribution >= 0.6 is 0 Å². The van der Waals surface area contributed by atoms with Crippen LogP contribution in [0.15, 0.2) is 41.2 Å². The van der Waals surface area contributed by atoms with Crippen molar-refractivity contribution in [3.63, 3.8) is 0 Å². The number of carbonyl (C=O) groups excluding carboxylic acids is 1. The fraction of sp³-hybridized carbons (Fsp3) is 0.250. The van der Waals surface area contributed by atoms with Gasteiger partial charge in [-0.05, 0) is 42.7 Å². The number of rotatable bonds is 0. The Bertz CT molecular complexity index is 1450. The van der Waals surface area contributed by atoms with Crippen molar-refractivity contribution in [2.45, 2.75) is 25.4 Å². The number of fused-ring (bicyclic) bond motifs is 8. The molecule has 0 radical (unpaired) electrons. The van der Waals surface area contributed by atoms with Crippen LogP contribution in [-0.4, -0.2) is 24.1 Å². The van der Waals surface area contributed by atoms with Crippen LogP contribution in [-0.2, 0) is 6.18 Å². The first kappa shape index (κ1) is 23.8. The topological polar surface area (TPSA) is 68.4 Å². The molecule has 0 spiro atoms. The molecule has 2 aromatic carbocycles. The molecule has 2 bridgehead atoms. The molecule has 36 heavy (non-hydrogen) atoms. The number of H-pyrrole nitrogens is 1. The second-order valence-corrected chi connectivity index (χ2v) is 8.64. The summed E-state index contributed by atoms with van der Waals surface area (Å²) in [6.07, 6.45) is -4.82. The molecule has 12 heteroatoms. The molecule has 0 unspecified atom stereocenters. The lowest BCUT2D eigenvalue weighted by atomic mass is 9.93. The molecule has 2 aliphatic rings. The predicted molar refractivity (Wildman–Crippen MR) is 120 cm³/mol. The highest BCUT2D eigenvalue weighted by atomic mass is 19.4. The SMILES string of the molecule is C[C@H]1CCNc2[nH]c(=O)ccc2N2CN(c3cc(C(F)(F)F)c(F)cc3C2=O)c2ccc(F)c(F)c21. The number of halogens is 6.